The van der Waals surface area contributed by atoms with Crippen LogP contribution in [-0.4, -0.2) is 177 Å². The number of ether oxygens (including phenoxy) is 12. The highest BCUT2D eigenvalue weighted by Gasteiger charge is 2.48. The quantitative estimate of drug-likeness (QED) is 0.0245. The molecule has 2 rings (SSSR count). The van der Waals surface area contributed by atoms with E-state index in [0.717, 1.165) is 0 Å². The molecule has 0 unspecified atom stereocenters. The molecule has 0 bridgehead atoms. The molecule has 0 spiro atoms. The minimum Gasteiger partial charge on any atom is -0.463 e. The first kappa shape index (κ1) is 55.8. The summed E-state index contributed by atoms with van der Waals surface area (Å²) in [6, 6.07) is -1.49. The number of azide groups is 1. The van der Waals surface area contributed by atoms with E-state index in [2.05, 4.69) is 20.7 Å². The molecule has 2 saturated heterocycles. The van der Waals surface area contributed by atoms with E-state index < -0.39 is 73.0 Å². The topological polar surface area (TPSA) is 312 Å². The van der Waals surface area contributed by atoms with Crippen LogP contribution in [0.25, 0.3) is 10.4 Å². The van der Waals surface area contributed by atoms with E-state index in [1.54, 1.807) is 13.8 Å². The third-order valence-electron chi connectivity index (χ3n) is 8.79. The third-order valence-corrected chi connectivity index (χ3v) is 8.79. The van der Waals surface area contributed by atoms with Gasteiger partial charge < -0.3 is 73.2 Å². The van der Waals surface area contributed by atoms with E-state index in [4.69, 9.17) is 68.1 Å². The van der Waals surface area contributed by atoms with Crippen LogP contribution in [0.2, 0.25) is 0 Å². The zero-order valence-electron chi connectivity index (χ0n) is 36.9. The molecule has 0 aromatic rings. The van der Waals surface area contributed by atoms with Gasteiger partial charge in [0, 0.05) is 71.4 Å². The summed E-state index contributed by atoms with van der Waals surface area (Å²) in [5.74, 6) is -3.36. The van der Waals surface area contributed by atoms with Gasteiger partial charge in [-0.1, -0.05) is 19.0 Å². The number of rotatable bonds is 27. The lowest BCUT2D eigenvalue weighted by Crippen LogP contribution is -2.63. The van der Waals surface area contributed by atoms with Crippen molar-refractivity contribution in [1.82, 2.24) is 10.6 Å². The van der Waals surface area contributed by atoms with Crippen molar-refractivity contribution in [2.75, 3.05) is 92.4 Å². The Kier molecular flexibility index (Phi) is 29.2. The van der Waals surface area contributed by atoms with Gasteiger partial charge in [0.05, 0.1) is 66.1 Å². The van der Waals surface area contributed by atoms with Gasteiger partial charge in [-0.15, -0.1) is 0 Å². The monoisotopic (exact) mass is 894 g/mol. The van der Waals surface area contributed by atoms with Crippen LogP contribution >= 0.6 is 0 Å². The van der Waals surface area contributed by atoms with Crippen molar-refractivity contribution in [2.45, 2.75) is 104 Å². The summed E-state index contributed by atoms with van der Waals surface area (Å²) in [4.78, 5) is 71.8. The molecule has 4 N–H and O–H groups in total. The van der Waals surface area contributed by atoms with Gasteiger partial charge >= 0.3 is 23.9 Å². The summed E-state index contributed by atoms with van der Waals surface area (Å²) >= 11 is 0. The molecule has 2 amide bonds. The Labute approximate surface area is 361 Å². The molecule has 24 nitrogen and oxygen atoms in total. The highest BCUT2D eigenvalue weighted by molar-refractivity contribution is 5.74. The number of carbonyl (C=O) groups is 6. The van der Waals surface area contributed by atoms with Crippen molar-refractivity contribution in [3.8, 4) is 0 Å². The molecule has 0 radical (unpaired) electrons. The van der Waals surface area contributed by atoms with E-state index in [-0.39, 0.29) is 69.8 Å². The van der Waals surface area contributed by atoms with Gasteiger partial charge in [-0.2, -0.15) is 0 Å². The van der Waals surface area contributed by atoms with Crippen molar-refractivity contribution in [2.24, 2.45) is 22.7 Å². The Morgan fingerprint density at radius 3 is 1.29 bits per heavy atom. The van der Waals surface area contributed by atoms with Crippen LogP contribution < -0.4 is 16.4 Å². The van der Waals surface area contributed by atoms with Crippen LogP contribution in [0.4, 0.5) is 0 Å². The maximum absolute atomic E-state index is 11.7. The first-order valence-electron chi connectivity index (χ1n) is 20.2. The lowest BCUT2D eigenvalue weighted by molar-refractivity contribution is -0.262. The standard InChI is InChI=1S/C19H32N4O9.C19H34N2O9/c1-12-16(11-30-14(3)25)32-19(17(22-13(2)24)18(12)31-15(4)26)29-10-9-28-8-7-27-6-5-21-23-20;1-12-16(11-28-14(3)23)30-19(27-10-9-26-8-7-25-6-5-20)17(21-13(2)22)18(12)29-15(4)24/h12,16-19H,5-11H2,1-4H3,(H,22,24);12,16-19H,5-11,20H2,1-4H3,(H,21,22)/t2*12-,16+,17+,18-,19+/m00/s1. The smallest absolute Gasteiger partial charge is 0.302 e. The molecule has 10 atom stereocenters. The second kappa shape index (κ2) is 32.4. The zero-order chi connectivity index (χ0) is 46.5. The molecule has 2 aliphatic rings. The average molecular weight is 895 g/mol. The summed E-state index contributed by atoms with van der Waals surface area (Å²) in [7, 11) is 0. The molecule has 62 heavy (non-hydrogen) atoms. The summed E-state index contributed by atoms with van der Waals surface area (Å²) in [5.41, 5.74) is 13.5. The number of nitrogens with two attached hydrogens (primary N) is 1. The van der Waals surface area contributed by atoms with Gasteiger partial charge in [-0.05, 0) is 5.53 Å². The number of hydrogen-bond donors (Lipinski definition) is 3. The van der Waals surface area contributed by atoms with Crippen molar-refractivity contribution in [3.05, 3.63) is 10.4 Å². The normalized spacial score (nSPS) is 25.4. The van der Waals surface area contributed by atoms with Crippen LogP contribution in [-0.2, 0) is 85.6 Å². The van der Waals surface area contributed by atoms with Crippen LogP contribution in [0.5, 0.6) is 0 Å². The average Bonchev–Trinajstić information content (AvgIpc) is 3.19. The number of nitrogens with one attached hydrogen (secondary N) is 2. The van der Waals surface area contributed by atoms with Crippen molar-refractivity contribution in [1.29, 1.82) is 0 Å². The predicted octanol–water partition coefficient (Wildman–Crippen LogP) is 0.0624. The van der Waals surface area contributed by atoms with Gasteiger partial charge in [0.1, 0.15) is 49.7 Å². The van der Waals surface area contributed by atoms with E-state index in [9.17, 15) is 28.8 Å². The molecule has 0 aromatic heterocycles. The number of esters is 4. The predicted molar refractivity (Wildman–Crippen MR) is 213 cm³/mol. The molecule has 356 valence electrons. The largest absolute Gasteiger partial charge is 0.463 e. The Bertz CT molecular complexity index is 1410. The van der Waals surface area contributed by atoms with Gasteiger partial charge in [-0.3, -0.25) is 28.8 Å². The second-order valence-electron chi connectivity index (χ2n) is 13.9. The minimum absolute atomic E-state index is 0.0318. The molecular formula is C38H66N6O18. The third kappa shape index (κ3) is 23.8. The van der Waals surface area contributed by atoms with Gasteiger partial charge in [0.15, 0.2) is 12.6 Å². The molecule has 0 saturated carbocycles. The maximum atomic E-state index is 11.7. The van der Waals surface area contributed by atoms with Gasteiger partial charge in [0.25, 0.3) is 0 Å². The van der Waals surface area contributed by atoms with Crippen LogP contribution in [0.3, 0.4) is 0 Å². The number of nitrogens with zero attached hydrogens (tertiary/aromatic N) is 3. The van der Waals surface area contributed by atoms with Crippen molar-refractivity contribution in [3.63, 3.8) is 0 Å². The van der Waals surface area contributed by atoms with Crippen LogP contribution in [0.1, 0.15) is 55.4 Å². The Morgan fingerprint density at radius 2 is 0.952 bits per heavy atom. The second-order valence-corrected chi connectivity index (χ2v) is 13.9. The number of amides is 2. The van der Waals surface area contributed by atoms with E-state index in [0.29, 0.717) is 46.2 Å². The van der Waals surface area contributed by atoms with E-state index >= 15 is 0 Å². The van der Waals surface area contributed by atoms with Crippen molar-refractivity contribution < 1.29 is 85.6 Å². The Morgan fingerprint density at radius 1 is 0.581 bits per heavy atom. The molecule has 2 fully saturated rings. The maximum Gasteiger partial charge on any atom is 0.302 e. The Hall–Kier alpha value is -4.23. The first-order valence-corrected chi connectivity index (χ1v) is 20.2. The van der Waals surface area contributed by atoms with Gasteiger partial charge in [-0.25, -0.2) is 0 Å². The molecular weight excluding hydrogens is 828 g/mol. The lowest BCUT2D eigenvalue weighted by atomic mass is 9.89. The lowest BCUT2D eigenvalue weighted by Gasteiger charge is -2.44. The minimum atomic E-state index is -0.955. The summed E-state index contributed by atoms with van der Waals surface area (Å²) in [6.07, 6.45) is -4.55. The molecule has 2 aliphatic heterocycles. The fourth-order valence-electron chi connectivity index (χ4n) is 6.05. The first-order chi connectivity index (χ1) is 29.5. The highest BCUT2D eigenvalue weighted by atomic mass is 16.7. The fourth-order valence-corrected chi connectivity index (χ4v) is 6.05. The molecule has 0 aliphatic carbocycles. The molecule has 0 aromatic carbocycles. The number of carbonyl (C=O) groups excluding carboxylic acids is 6. The van der Waals surface area contributed by atoms with Crippen molar-refractivity contribution >= 4 is 35.7 Å². The summed E-state index contributed by atoms with van der Waals surface area (Å²) < 4.78 is 65.7. The number of hydrogen-bond acceptors (Lipinski definition) is 20. The molecule has 24 heteroatoms. The fraction of sp³-hybridized carbons (Fsp3) is 0.842. The molecule has 2 heterocycles. The van der Waals surface area contributed by atoms with E-state index in [1.807, 2.05) is 0 Å². The Balaban J connectivity index is 0.000000621. The van der Waals surface area contributed by atoms with Crippen LogP contribution in [0.15, 0.2) is 5.11 Å². The summed E-state index contributed by atoms with van der Waals surface area (Å²) in [5, 5.41) is 8.80. The summed E-state index contributed by atoms with van der Waals surface area (Å²) in [6.45, 7) is 15.0. The SMILES string of the molecule is CC(=O)N[C@H]1[C@H](OCCOCCOCCN)O[C@H](COC(C)=O)[C@H](C)[C@@H]1OC(C)=O.CC(=O)N[C@H]1[C@H](OCCOCCOCCN=[N+]=[N-])O[C@H](COC(C)=O)[C@H](C)[C@@H]1OC(C)=O. The van der Waals surface area contributed by atoms with Crippen LogP contribution in [0, 0.1) is 11.8 Å². The van der Waals surface area contributed by atoms with Gasteiger partial charge in [0.2, 0.25) is 11.8 Å². The highest BCUT2D eigenvalue weighted by Crippen LogP contribution is 2.31. The zero-order valence-corrected chi connectivity index (χ0v) is 36.9. The van der Waals surface area contributed by atoms with E-state index in [1.165, 1.54) is 41.5 Å².